The van der Waals surface area contributed by atoms with Gasteiger partial charge in [-0.2, -0.15) is 0 Å². The molecule has 3 nitrogen and oxygen atoms in total. The molecule has 1 aromatic carbocycles. The molecular formula is C24H30Cl2N2OS2. The van der Waals surface area contributed by atoms with Gasteiger partial charge in [0.05, 0.1) is 10.6 Å². The van der Waals surface area contributed by atoms with Gasteiger partial charge in [0, 0.05) is 32.0 Å². The number of thiazole rings is 1. The van der Waals surface area contributed by atoms with E-state index in [4.69, 9.17) is 23.2 Å². The Bertz CT molecular complexity index is 951. The molecule has 31 heavy (non-hydrogen) atoms. The van der Waals surface area contributed by atoms with Crippen molar-refractivity contribution in [3.63, 3.8) is 0 Å². The van der Waals surface area contributed by atoms with Crippen molar-refractivity contribution in [1.29, 1.82) is 0 Å². The lowest BCUT2D eigenvalue weighted by atomic mass is 9.87. The number of anilines is 2. The molecule has 0 radical (unpaired) electrons. The number of nitrogens with one attached hydrogen (secondary N) is 1. The molecule has 0 spiro atoms. The summed E-state index contributed by atoms with van der Waals surface area (Å²) >= 11 is 16.3. The minimum Gasteiger partial charge on any atom is -0.383 e. The molecule has 1 heterocycles. The summed E-state index contributed by atoms with van der Waals surface area (Å²) in [7, 11) is 0. The number of hydrogen-bond acceptors (Lipinski definition) is 5. The first-order valence-electron chi connectivity index (χ1n) is 10.8. The van der Waals surface area contributed by atoms with Crippen LogP contribution in [0.25, 0.3) is 0 Å². The molecule has 1 atom stereocenters. The number of aryl methyl sites for hydroxylation is 1. The van der Waals surface area contributed by atoms with Gasteiger partial charge in [-0.3, -0.25) is 0 Å². The van der Waals surface area contributed by atoms with Gasteiger partial charge in [0.25, 0.3) is 0 Å². The Morgan fingerprint density at radius 2 is 2.16 bits per heavy atom. The standard InChI is InChI=1S/C24H30Cl2N2OS2/c1-4-8-20(26)21(19(25)5-2)22(29)23-15(3)27-24(31-23)28-17-11-7-12-18(13-17)30-14-16-9-6-10-16/h5,7,11-13,16,22,29H,4,6,8-10,14H2,1-3H3,(H,27,28)/b19-5+,21-20-. The molecular weight excluding hydrogens is 467 g/mol. The third-order valence-electron chi connectivity index (χ3n) is 5.42. The minimum atomic E-state index is -0.903. The van der Waals surface area contributed by atoms with Gasteiger partial charge in [-0.25, -0.2) is 4.98 Å². The highest BCUT2D eigenvalue weighted by molar-refractivity contribution is 7.99. The van der Waals surface area contributed by atoms with E-state index in [9.17, 15) is 5.11 Å². The molecule has 3 rings (SSSR count). The number of rotatable bonds is 10. The first-order valence-corrected chi connectivity index (χ1v) is 13.3. The summed E-state index contributed by atoms with van der Waals surface area (Å²) in [6, 6.07) is 8.43. The van der Waals surface area contributed by atoms with Gasteiger partial charge in [0.2, 0.25) is 0 Å². The largest absolute Gasteiger partial charge is 0.383 e. The van der Waals surface area contributed by atoms with Gasteiger partial charge in [0.15, 0.2) is 5.13 Å². The number of aliphatic hydroxyl groups excluding tert-OH is 1. The maximum atomic E-state index is 11.1. The average molecular weight is 498 g/mol. The van der Waals surface area contributed by atoms with Crippen molar-refractivity contribution in [3.05, 3.63) is 56.6 Å². The average Bonchev–Trinajstić information content (AvgIpc) is 3.07. The SMILES string of the molecule is C/C=C(Cl)\C(=C(\Cl)CCC)C(O)c1sc(Nc2cccc(SCC3CCC3)c2)nc1C. The van der Waals surface area contributed by atoms with E-state index in [1.54, 1.807) is 6.08 Å². The molecule has 7 heteroatoms. The van der Waals surface area contributed by atoms with E-state index >= 15 is 0 Å². The Kier molecular flexibility index (Phi) is 9.35. The third kappa shape index (κ3) is 6.52. The molecule has 1 fully saturated rings. The highest BCUT2D eigenvalue weighted by Gasteiger charge is 2.24. The van der Waals surface area contributed by atoms with Crippen LogP contribution in [0.1, 0.15) is 62.6 Å². The van der Waals surface area contributed by atoms with E-state index in [1.165, 1.54) is 41.2 Å². The van der Waals surface area contributed by atoms with Crippen LogP contribution in [0, 0.1) is 12.8 Å². The summed E-state index contributed by atoms with van der Waals surface area (Å²) in [4.78, 5) is 6.66. The third-order valence-corrected chi connectivity index (χ3v) is 8.59. The molecule has 0 saturated heterocycles. The van der Waals surface area contributed by atoms with Crippen molar-refractivity contribution in [2.24, 2.45) is 5.92 Å². The van der Waals surface area contributed by atoms with Crippen molar-refractivity contribution < 1.29 is 5.11 Å². The Morgan fingerprint density at radius 1 is 1.39 bits per heavy atom. The summed E-state index contributed by atoms with van der Waals surface area (Å²) in [6.45, 7) is 5.79. The Morgan fingerprint density at radius 3 is 2.81 bits per heavy atom. The van der Waals surface area contributed by atoms with Crippen LogP contribution in [0.4, 0.5) is 10.8 Å². The molecule has 2 aromatic rings. The van der Waals surface area contributed by atoms with E-state index in [2.05, 4.69) is 35.4 Å². The van der Waals surface area contributed by atoms with Gasteiger partial charge in [-0.1, -0.05) is 66.4 Å². The summed E-state index contributed by atoms with van der Waals surface area (Å²) in [5, 5.41) is 16.3. The molecule has 168 valence electrons. The fraction of sp³-hybridized carbons (Fsp3) is 0.458. The molecule has 1 saturated carbocycles. The van der Waals surface area contributed by atoms with Crippen molar-refractivity contribution in [1.82, 2.24) is 4.98 Å². The van der Waals surface area contributed by atoms with Gasteiger partial charge in [-0.05, 0) is 57.2 Å². The number of benzene rings is 1. The van der Waals surface area contributed by atoms with E-state index in [0.717, 1.165) is 33.7 Å². The zero-order chi connectivity index (χ0) is 22.4. The topological polar surface area (TPSA) is 45.1 Å². The zero-order valence-corrected chi connectivity index (χ0v) is 21.4. The van der Waals surface area contributed by atoms with E-state index in [0.29, 0.717) is 22.1 Å². The van der Waals surface area contributed by atoms with Crippen LogP contribution in [0.15, 0.2) is 50.9 Å². The number of aliphatic hydroxyl groups is 1. The number of thioether (sulfide) groups is 1. The molecule has 0 bridgehead atoms. The second-order valence-electron chi connectivity index (χ2n) is 7.84. The van der Waals surface area contributed by atoms with Gasteiger partial charge in [0.1, 0.15) is 6.10 Å². The fourth-order valence-electron chi connectivity index (χ4n) is 3.43. The van der Waals surface area contributed by atoms with Crippen LogP contribution in [0.2, 0.25) is 0 Å². The summed E-state index contributed by atoms with van der Waals surface area (Å²) in [6.07, 6.45) is 6.53. The molecule has 1 aliphatic rings. The smallest absolute Gasteiger partial charge is 0.187 e. The lowest BCUT2D eigenvalue weighted by Crippen LogP contribution is -2.13. The van der Waals surface area contributed by atoms with E-state index in [-0.39, 0.29) is 0 Å². The summed E-state index contributed by atoms with van der Waals surface area (Å²) < 4.78 is 0. The quantitative estimate of drug-likeness (QED) is 0.255. The van der Waals surface area contributed by atoms with Crippen molar-refractivity contribution in [2.45, 2.75) is 63.9 Å². The normalized spacial score (nSPS) is 16.6. The lowest BCUT2D eigenvalue weighted by Gasteiger charge is -2.24. The number of allylic oxidation sites excluding steroid dienone is 2. The molecule has 0 amide bonds. The maximum absolute atomic E-state index is 11.1. The fourth-order valence-corrected chi connectivity index (χ4v) is 6.21. The van der Waals surface area contributed by atoms with E-state index < -0.39 is 6.10 Å². The van der Waals surface area contributed by atoms with Crippen LogP contribution < -0.4 is 5.32 Å². The second kappa shape index (κ2) is 11.8. The first-order chi connectivity index (χ1) is 14.9. The van der Waals surface area contributed by atoms with Crippen molar-refractivity contribution >= 4 is 57.1 Å². The van der Waals surface area contributed by atoms with Crippen LogP contribution in [0.3, 0.4) is 0 Å². The zero-order valence-electron chi connectivity index (χ0n) is 18.3. The highest BCUT2D eigenvalue weighted by atomic mass is 35.5. The minimum absolute atomic E-state index is 0.476. The molecule has 1 unspecified atom stereocenters. The number of halogens is 2. The predicted molar refractivity (Wildman–Crippen MR) is 137 cm³/mol. The van der Waals surface area contributed by atoms with Crippen LogP contribution >= 0.6 is 46.3 Å². The number of nitrogens with zero attached hydrogens (tertiary/aromatic N) is 1. The van der Waals surface area contributed by atoms with Crippen LogP contribution in [0.5, 0.6) is 0 Å². The van der Waals surface area contributed by atoms with Gasteiger partial charge < -0.3 is 10.4 Å². The van der Waals surface area contributed by atoms with Crippen LogP contribution in [-0.2, 0) is 0 Å². The van der Waals surface area contributed by atoms with Gasteiger partial charge >= 0.3 is 0 Å². The molecule has 1 aliphatic carbocycles. The van der Waals surface area contributed by atoms with E-state index in [1.807, 2.05) is 31.7 Å². The summed E-state index contributed by atoms with van der Waals surface area (Å²) in [5.41, 5.74) is 2.34. The number of aromatic nitrogens is 1. The van der Waals surface area contributed by atoms with Crippen LogP contribution in [-0.4, -0.2) is 15.8 Å². The Labute approximate surface area is 204 Å². The monoisotopic (exact) mass is 496 g/mol. The molecule has 1 aromatic heterocycles. The number of hydrogen-bond donors (Lipinski definition) is 2. The lowest BCUT2D eigenvalue weighted by molar-refractivity contribution is 0.221. The second-order valence-corrected chi connectivity index (χ2v) is 10.8. The first kappa shape index (κ1) is 24.7. The van der Waals surface area contributed by atoms with Gasteiger partial charge in [-0.15, -0.1) is 11.8 Å². The molecule has 2 N–H and O–H groups in total. The predicted octanol–water partition coefficient (Wildman–Crippen LogP) is 8.56. The molecule has 0 aliphatic heterocycles. The van der Waals surface area contributed by atoms with Crippen molar-refractivity contribution in [3.8, 4) is 0 Å². The highest BCUT2D eigenvalue weighted by Crippen LogP contribution is 2.40. The summed E-state index contributed by atoms with van der Waals surface area (Å²) in [5.74, 6) is 2.06. The Hall–Kier alpha value is -0.980. The Balaban J connectivity index is 1.76. The maximum Gasteiger partial charge on any atom is 0.187 e. The van der Waals surface area contributed by atoms with Crippen molar-refractivity contribution in [2.75, 3.05) is 11.1 Å².